The molecule has 0 fully saturated rings. The lowest BCUT2D eigenvalue weighted by molar-refractivity contribution is 0.0585. The zero-order valence-electron chi connectivity index (χ0n) is 17.6. The number of sulfone groups is 1. The van der Waals surface area contributed by atoms with Gasteiger partial charge < -0.3 is 9.47 Å². The van der Waals surface area contributed by atoms with Gasteiger partial charge in [0.25, 0.3) is 0 Å². The SMILES string of the molecule is COC(=O)c1ccccc1S(=O)(=O)Cc1cn(-c2cc(C)ccc2C)nc1C(=O)OC. The van der Waals surface area contributed by atoms with Gasteiger partial charge in [0.15, 0.2) is 15.5 Å². The third-order valence-electron chi connectivity index (χ3n) is 4.75. The molecule has 9 heteroatoms. The summed E-state index contributed by atoms with van der Waals surface area (Å²) in [6.45, 7) is 3.81. The number of aromatic nitrogens is 2. The Morgan fingerprint density at radius 1 is 1.00 bits per heavy atom. The predicted molar refractivity (Wildman–Crippen MR) is 113 cm³/mol. The van der Waals surface area contributed by atoms with Gasteiger partial charge in [-0.05, 0) is 43.2 Å². The zero-order chi connectivity index (χ0) is 22.8. The molecule has 31 heavy (non-hydrogen) atoms. The summed E-state index contributed by atoms with van der Waals surface area (Å²) in [5, 5.41) is 4.29. The Morgan fingerprint density at radius 3 is 2.35 bits per heavy atom. The molecular weight excluding hydrogens is 420 g/mol. The van der Waals surface area contributed by atoms with Crippen LogP contribution in [0.15, 0.2) is 53.6 Å². The van der Waals surface area contributed by atoms with E-state index in [1.165, 1.54) is 43.3 Å². The van der Waals surface area contributed by atoms with Crippen LogP contribution in [0.25, 0.3) is 5.69 Å². The molecule has 3 rings (SSSR count). The number of rotatable bonds is 6. The topological polar surface area (TPSA) is 105 Å². The predicted octanol–water partition coefficient (Wildman–Crippen LogP) is 3.04. The Bertz CT molecular complexity index is 1260. The third kappa shape index (κ3) is 4.51. The van der Waals surface area contributed by atoms with E-state index in [2.05, 4.69) is 5.10 Å². The van der Waals surface area contributed by atoms with Crippen molar-refractivity contribution in [2.24, 2.45) is 0 Å². The van der Waals surface area contributed by atoms with Crippen LogP contribution in [0.5, 0.6) is 0 Å². The number of methoxy groups -OCH3 is 2. The van der Waals surface area contributed by atoms with E-state index in [1.54, 1.807) is 6.07 Å². The molecule has 162 valence electrons. The van der Waals surface area contributed by atoms with Gasteiger partial charge >= 0.3 is 11.9 Å². The quantitative estimate of drug-likeness (QED) is 0.540. The van der Waals surface area contributed by atoms with Gasteiger partial charge in [0.1, 0.15) is 0 Å². The molecule has 3 aromatic rings. The van der Waals surface area contributed by atoms with E-state index in [0.717, 1.165) is 11.1 Å². The maximum atomic E-state index is 13.2. The van der Waals surface area contributed by atoms with Crippen molar-refractivity contribution in [2.75, 3.05) is 14.2 Å². The van der Waals surface area contributed by atoms with Crippen molar-refractivity contribution < 1.29 is 27.5 Å². The lowest BCUT2D eigenvalue weighted by Crippen LogP contribution is -2.14. The van der Waals surface area contributed by atoms with Crippen molar-refractivity contribution in [3.05, 3.63) is 76.6 Å². The first-order chi connectivity index (χ1) is 14.7. The molecule has 1 aromatic heterocycles. The average molecular weight is 442 g/mol. The highest BCUT2D eigenvalue weighted by molar-refractivity contribution is 7.90. The van der Waals surface area contributed by atoms with Crippen LogP contribution in [0.2, 0.25) is 0 Å². The minimum Gasteiger partial charge on any atom is -0.465 e. The summed E-state index contributed by atoms with van der Waals surface area (Å²) in [7, 11) is -1.64. The zero-order valence-corrected chi connectivity index (χ0v) is 18.4. The fraction of sp³-hybridized carbons (Fsp3) is 0.227. The van der Waals surface area contributed by atoms with E-state index in [0.29, 0.717) is 5.69 Å². The molecule has 0 atom stereocenters. The summed E-state index contributed by atoms with van der Waals surface area (Å²) in [4.78, 5) is 24.2. The van der Waals surface area contributed by atoms with E-state index in [1.807, 2.05) is 32.0 Å². The molecule has 0 N–H and O–H groups in total. The Balaban J connectivity index is 2.11. The van der Waals surface area contributed by atoms with Gasteiger partial charge in [-0.2, -0.15) is 5.10 Å². The molecule has 0 saturated carbocycles. The molecule has 0 amide bonds. The van der Waals surface area contributed by atoms with Gasteiger partial charge in [0.2, 0.25) is 0 Å². The number of esters is 2. The smallest absolute Gasteiger partial charge is 0.358 e. The number of ether oxygens (including phenoxy) is 2. The van der Waals surface area contributed by atoms with Gasteiger partial charge in [-0.3, -0.25) is 0 Å². The molecule has 0 bridgehead atoms. The van der Waals surface area contributed by atoms with Gasteiger partial charge in [-0.15, -0.1) is 0 Å². The number of hydrogen-bond acceptors (Lipinski definition) is 7. The second-order valence-electron chi connectivity index (χ2n) is 6.98. The van der Waals surface area contributed by atoms with Crippen LogP contribution in [-0.2, 0) is 25.1 Å². The normalized spacial score (nSPS) is 11.2. The lowest BCUT2D eigenvalue weighted by atomic mass is 10.1. The highest BCUT2D eigenvalue weighted by atomic mass is 32.2. The summed E-state index contributed by atoms with van der Waals surface area (Å²) < 4.78 is 37.3. The molecule has 0 spiro atoms. The Labute approximate surface area is 180 Å². The summed E-state index contributed by atoms with van der Waals surface area (Å²) in [6.07, 6.45) is 1.49. The Kier molecular flexibility index (Phi) is 6.26. The Hall–Kier alpha value is -3.46. The van der Waals surface area contributed by atoms with E-state index < -0.39 is 27.5 Å². The molecule has 0 unspecified atom stereocenters. The number of aryl methyl sites for hydroxylation is 2. The van der Waals surface area contributed by atoms with Crippen LogP contribution in [0.4, 0.5) is 0 Å². The van der Waals surface area contributed by atoms with Crippen LogP contribution in [0, 0.1) is 13.8 Å². The van der Waals surface area contributed by atoms with E-state index in [-0.39, 0.29) is 21.7 Å². The van der Waals surface area contributed by atoms with E-state index >= 15 is 0 Å². The number of hydrogen-bond donors (Lipinski definition) is 0. The van der Waals surface area contributed by atoms with Crippen LogP contribution < -0.4 is 0 Å². The number of benzene rings is 2. The maximum absolute atomic E-state index is 13.2. The summed E-state index contributed by atoms with van der Waals surface area (Å²) in [6, 6.07) is 11.5. The summed E-state index contributed by atoms with van der Waals surface area (Å²) in [5.41, 5.74) is 2.57. The van der Waals surface area contributed by atoms with Gasteiger partial charge in [0, 0.05) is 11.8 Å². The third-order valence-corrected chi connectivity index (χ3v) is 6.47. The fourth-order valence-corrected chi connectivity index (χ4v) is 4.72. The van der Waals surface area contributed by atoms with Crippen molar-refractivity contribution in [1.29, 1.82) is 0 Å². The summed E-state index contributed by atoms with van der Waals surface area (Å²) in [5.74, 6) is -2.06. The highest BCUT2D eigenvalue weighted by Crippen LogP contribution is 2.25. The van der Waals surface area contributed by atoms with Crippen LogP contribution in [0.3, 0.4) is 0 Å². The number of carbonyl (C=O) groups is 2. The van der Waals surface area contributed by atoms with Crippen molar-refractivity contribution in [2.45, 2.75) is 24.5 Å². The first-order valence-electron chi connectivity index (χ1n) is 9.32. The van der Waals surface area contributed by atoms with Crippen molar-refractivity contribution in [3.63, 3.8) is 0 Å². The molecule has 8 nitrogen and oxygen atoms in total. The van der Waals surface area contributed by atoms with Crippen LogP contribution in [0.1, 0.15) is 37.5 Å². The molecular formula is C22H22N2O6S. The second kappa shape index (κ2) is 8.73. The first kappa shape index (κ1) is 22.2. The van der Waals surface area contributed by atoms with Crippen LogP contribution >= 0.6 is 0 Å². The van der Waals surface area contributed by atoms with Crippen LogP contribution in [-0.4, -0.2) is 44.4 Å². The lowest BCUT2D eigenvalue weighted by Gasteiger charge is -2.09. The van der Waals surface area contributed by atoms with E-state index in [9.17, 15) is 18.0 Å². The average Bonchev–Trinajstić information content (AvgIpc) is 3.17. The largest absolute Gasteiger partial charge is 0.465 e. The first-order valence-corrected chi connectivity index (χ1v) is 11.0. The molecule has 0 aliphatic heterocycles. The van der Waals surface area contributed by atoms with Crippen molar-refractivity contribution in [1.82, 2.24) is 9.78 Å². The Morgan fingerprint density at radius 2 is 1.68 bits per heavy atom. The summed E-state index contributed by atoms with van der Waals surface area (Å²) >= 11 is 0. The van der Waals surface area contributed by atoms with E-state index in [4.69, 9.17) is 9.47 Å². The number of carbonyl (C=O) groups excluding carboxylic acids is 2. The molecule has 0 saturated heterocycles. The van der Waals surface area contributed by atoms with Gasteiger partial charge in [-0.25, -0.2) is 22.7 Å². The standard InChI is InChI=1S/C22H22N2O6S/c1-14-9-10-15(2)18(11-14)24-12-16(20(23-24)22(26)30-4)13-31(27,28)19-8-6-5-7-17(19)21(25)29-3/h5-12H,13H2,1-4H3. The molecule has 1 heterocycles. The fourth-order valence-electron chi connectivity index (χ4n) is 3.17. The monoisotopic (exact) mass is 442 g/mol. The molecule has 0 aliphatic carbocycles. The minimum absolute atomic E-state index is 0.0773. The highest BCUT2D eigenvalue weighted by Gasteiger charge is 2.28. The molecule has 0 aliphatic rings. The van der Waals surface area contributed by atoms with Crippen molar-refractivity contribution >= 4 is 21.8 Å². The number of nitrogens with zero attached hydrogens (tertiary/aromatic N) is 2. The second-order valence-corrected chi connectivity index (χ2v) is 8.93. The minimum atomic E-state index is -4.01. The molecule has 0 radical (unpaired) electrons. The molecule has 2 aromatic carbocycles. The van der Waals surface area contributed by atoms with Gasteiger partial charge in [0.05, 0.1) is 36.1 Å². The van der Waals surface area contributed by atoms with Gasteiger partial charge in [-0.1, -0.05) is 24.3 Å². The maximum Gasteiger partial charge on any atom is 0.358 e. The van der Waals surface area contributed by atoms with Crippen molar-refractivity contribution in [3.8, 4) is 5.69 Å².